The third-order valence-electron chi connectivity index (χ3n) is 4.52. The first-order valence-electron chi connectivity index (χ1n) is 7.21. The van der Waals surface area contributed by atoms with Gasteiger partial charge in [0.25, 0.3) is 0 Å². The molecule has 0 spiro atoms. The first-order valence-corrected chi connectivity index (χ1v) is 7.21. The lowest BCUT2D eigenvalue weighted by Gasteiger charge is -2.28. The maximum Gasteiger partial charge on any atom is 0.311 e. The second-order valence-corrected chi connectivity index (χ2v) is 6.10. The van der Waals surface area contributed by atoms with Gasteiger partial charge in [-0.05, 0) is 30.0 Å². The Kier molecular flexibility index (Phi) is 4.21. The third kappa shape index (κ3) is 3.01. The van der Waals surface area contributed by atoms with Crippen LogP contribution in [0.4, 0.5) is 5.69 Å². The number of aliphatic carboxylic acids is 1. The fraction of sp³-hybridized carbons (Fsp3) is 0.500. The molecule has 0 saturated carbocycles. The molecule has 0 aromatic heterocycles. The normalized spacial score (nSPS) is 21.8. The van der Waals surface area contributed by atoms with Crippen LogP contribution in [0.15, 0.2) is 24.3 Å². The van der Waals surface area contributed by atoms with Crippen LogP contribution in [0.2, 0.25) is 0 Å². The number of nitrogen functional groups attached to an aromatic ring is 1. The van der Waals surface area contributed by atoms with E-state index in [0.717, 1.165) is 5.56 Å². The number of anilines is 1. The topological polar surface area (TPSA) is 83.6 Å². The number of likely N-dealkylation sites (tertiary alicyclic amines) is 1. The van der Waals surface area contributed by atoms with Crippen molar-refractivity contribution in [2.45, 2.75) is 26.7 Å². The predicted octanol–water partition coefficient (Wildman–Crippen LogP) is 1.77. The third-order valence-corrected chi connectivity index (χ3v) is 4.52. The van der Waals surface area contributed by atoms with Gasteiger partial charge in [-0.1, -0.05) is 26.0 Å². The molecule has 1 aromatic carbocycles. The first kappa shape index (κ1) is 15.4. The number of carbonyl (C=O) groups excluding carboxylic acids is 1. The van der Waals surface area contributed by atoms with Gasteiger partial charge in [0.1, 0.15) is 0 Å². The zero-order valence-electron chi connectivity index (χ0n) is 12.5. The summed E-state index contributed by atoms with van der Waals surface area (Å²) in [4.78, 5) is 25.6. The molecule has 2 rings (SSSR count). The van der Waals surface area contributed by atoms with Crippen LogP contribution < -0.4 is 5.73 Å². The van der Waals surface area contributed by atoms with Crippen molar-refractivity contribution >= 4 is 17.6 Å². The minimum atomic E-state index is -0.809. The molecule has 0 radical (unpaired) electrons. The molecule has 21 heavy (non-hydrogen) atoms. The van der Waals surface area contributed by atoms with Crippen LogP contribution in [0.1, 0.15) is 25.8 Å². The summed E-state index contributed by atoms with van der Waals surface area (Å²) in [6.45, 7) is 4.62. The van der Waals surface area contributed by atoms with Crippen molar-refractivity contribution in [3.63, 3.8) is 0 Å². The van der Waals surface area contributed by atoms with Gasteiger partial charge in [-0.2, -0.15) is 0 Å². The Morgan fingerprint density at radius 1 is 1.33 bits per heavy atom. The molecule has 1 amide bonds. The van der Waals surface area contributed by atoms with E-state index in [9.17, 15) is 14.7 Å². The van der Waals surface area contributed by atoms with Gasteiger partial charge < -0.3 is 15.7 Å². The van der Waals surface area contributed by atoms with E-state index < -0.39 is 11.4 Å². The van der Waals surface area contributed by atoms with E-state index in [1.165, 1.54) is 0 Å². The Hall–Kier alpha value is -2.04. The van der Waals surface area contributed by atoms with Crippen molar-refractivity contribution < 1.29 is 14.7 Å². The summed E-state index contributed by atoms with van der Waals surface area (Å²) in [5, 5.41) is 9.50. The van der Waals surface area contributed by atoms with Crippen LogP contribution in [0.5, 0.6) is 0 Å². The Morgan fingerprint density at radius 2 is 1.95 bits per heavy atom. The second-order valence-electron chi connectivity index (χ2n) is 6.10. The molecule has 0 aliphatic carbocycles. The molecule has 1 aromatic rings. The molecule has 1 aliphatic rings. The van der Waals surface area contributed by atoms with Crippen molar-refractivity contribution in [1.82, 2.24) is 4.90 Å². The van der Waals surface area contributed by atoms with Crippen molar-refractivity contribution in [2.75, 3.05) is 18.8 Å². The zero-order valence-corrected chi connectivity index (χ0v) is 12.5. The van der Waals surface area contributed by atoms with Gasteiger partial charge in [-0.15, -0.1) is 0 Å². The highest BCUT2D eigenvalue weighted by Gasteiger charge is 2.48. The maximum absolute atomic E-state index is 12.3. The summed E-state index contributed by atoms with van der Waals surface area (Å²) in [5.74, 6) is -0.826. The Bertz CT molecular complexity index is 539. The van der Waals surface area contributed by atoms with E-state index in [-0.39, 0.29) is 18.2 Å². The Labute approximate surface area is 124 Å². The Balaban J connectivity index is 2.05. The highest BCUT2D eigenvalue weighted by Crippen LogP contribution is 2.38. The number of nitrogens with two attached hydrogens (primary N) is 1. The van der Waals surface area contributed by atoms with E-state index in [1.54, 1.807) is 17.0 Å². The van der Waals surface area contributed by atoms with E-state index in [1.807, 2.05) is 26.0 Å². The molecule has 1 aliphatic heterocycles. The zero-order chi connectivity index (χ0) is 15.6. The van der Waals surface area contributed by atoms with Gasteiger partial charge in [0.05, 0.1) is 11.8 Å². The van der Waals surface area contributed by atoms with Gasteiger partial charge in [-0.3, -0.25) is 9.59 Å². The summed E-state index contributed by atoms with van der Waals surface area (Å²) in [7, 11) is 0. The molecule has 1 fully saturated rings. The molecule has 3 N–H and O–H groups in total. The van der Waals surface area contributed by atoms with Crippen molar-refractivity contribution in [3.05, 3.63) is 29.8 Å². The van der Waals surface area contributed by atoms with Crippen LogP contribution >= 0.6 is 0 Å². The molecular weight excluding hydrogens is 268 g/mol. The van der Waals surface area contributed by atoms with Crippen LogP contribution in [-0.2, 0) is 16.0 Å². The molecule has 0 bridgehead atoms. The lowest BCUT2D eigenvalue weighted by atomic mass is 9.76. The number of carbonyl (C=O) groups is 2. The highest BCUT2D eigenvalue weighted by atomic mass is 16.4. The van der Waals surface area contributed by atoms with Crippen LogP contribution in [0, 0.1) is 11.3 Å². The van der Waals surface area contributed by atoms with Crippen LogP contribution in [-0.4, -0.2) is 35.0 Å². The summed E-state index contributed by atoms with van der Waals surface area (Å²) in [6.07, 6.45) is 0.807. The number of rotatable bonds is 4. The number of carboxylic acids is 1. The summed E-state index contributed by atoms with van der Waals surface area (Å²) in [5.41, 5.74) is 6.37. The first-order chi connectivity index (χ1) is 9.85. The number of amides is 1. The fourth-order valence-electron chi connectivity index (χ4n) is 2.86. The average Bonchev–Trinajstić information content (AvgIpc) is 2.88. The van der Waals surface area contributed by atoms with Crippen molar-refractivity contribution in [2.24, 2.45) is 11.3 Å². The highest BCUT2D eigenvalue weighted by molar-refractivity contribution is 5.82. The predicted molar refractivity (Wildman–Crippen MR) is 80.7 cm³/mol. The van der Waals surface area contributed by atoms with E-state index in [4.69, 9.17) is 5.73 Å². The summed E-state index contributed by atoms with van der Waals surface area (Å²) in [6, 6.07) is 7.19. The van der Waals surface area contributed by atoms with Gasteiger partial charge in [0.2, 0.25) is 5.91 Å². The molecule has 1 saturated heterocycles. The molecule has 1 heterocycles. The van der Waals surface area contributed by atoms with Crippen LogP contribution in [0.3, 0.4) is 0 Å². The molecule has 114 valence electrons. The lowest BCUT2D eigenvalue weighted by Crippen LogP contribution is -2.41. The smallest absolute Gasteiger partial charge is 0.311 e. The molecular formula is C16H22N2O3. The molecule has 1 unspecified atom stereocenters. The minimum absolute atomic E-state index is 0.00400. The van der Waals surface area contributed by atoms with Crippen molar-refractivity contribution in [3.8, 4) is 0 Å². The minimum Gasteiger partial charge on any atom is -0.481 e. The molecule has 5 nitrogen and oxygen atoms in total. The fourth-order valence-corrected chi connectivity index (χ4v) is 2.86. The Morgan fingerprint density at radius 3 is 2.43 bits per heavy atom. The lowest BCUT2D eigenvalue weighted by molar-refractivity contribution is -0.151. The number of hydrogen-bond donors (Lipinski definition) is 2. The number of nitrogens with zero attached hydrogens (tertiary/aromatic N) is 1. The van der Waals surface area contributed by atoms with E-state index >= 15 is 0 Å². The largest absolute Gasteiger partial charge is 0.481 e. The summed E-state index contributed by atoms with van der Waals surface area (Å²) < 4.78 is 0. The van der Waals surface area contributed by atoms with E-state index in [0.29, 0.717) is 25.2 Å². The van der Waals surface area contributed by atoms with Gasteiger partial charge in [0.15, 0.2) is 0 Å². The number of carboxylic acid groups (broad SMARTS) is 1. The molecule has 1 atom stereocenters. The van der Waals surface area contributed by atoms with Gasteiger partial charge in [0, 0.05) is 18.8 Å². The van der Waals surface area contributed by atoms with Gasteiger partial charge >= 0.3 is 5.97 Å². The quantitative estimate of drug-likeness (QED) is 0.828. The van der Waals surface area contributed by atoms with Crippen LogP contribution in [0.25, 0.3) is 0 Å². The summed E-state index contributed by atoms with van der Waals surface area (Å²) >= 11 is 0. The standard InChI is InChI=1S/C16H22N2O3/c1-11(2)16(15(20)21)7-8-18(10-16)14(19)9-12-3-5-13(17)6-4-12/h3-6,11H,7-10,17H2,1-2H3,(H,20,21). The number of hydrogen-bond acceptors (Lipinski definition) is 3. The number of benzene rings is 1. The SMILES string of the molecule is CC(C)C1(C(=O)O)CCN(C(=O)Cc2ccc(N)cc2)C1. The average molecular weight is 290 g/mol. The maximum atomic E-state index is 12.3. The molecule has 5 heteroatoms. The second kappa shape index (κ2) is 5.76. The van der Waals surface area contributed by atoms with Crippen molar-refractivity contribution in [1.29, 1.82) is 0 Å². The van der Waals surface area contributed by atoms with E-state index in [2.05, 4.69) is 0 Å². The monoisotopic (exact) mass is 290 g/mol. The van der Waals surface area contributed by atoms with Gasteiger partial charge in [-0.25, -0.2) is 0 Å².